The molecule has 4 heteroatoms. The number of nitrogens with zero attached hydrogens (tertiary/aromatic N) is 2. The van der Waals surface area contributed by atoms with E-state index in [1.165, 1.54) is 27.8 Å². The maximum Gasteiger partial charge on any atom is 0.0468 e. The Morgan fingerprint density at radius 3 is 2.60 bits per heavy atom. The minimum absolute atomic E-state index is 0.256. The Balaban J connectivity index is 1.81. The zero-order valence-corrected chi connectivity index (χ0v) is 15.4. The number of hydrogen-bond acceptors (Lipinski definition) is 2. The normalized spacial score (nSPS) is 17.3. The van der Waals surface area contributed by atoms with Crippen LogP contribution in [0.2, 0.25) is 10.0 Å². The van der Waals surface area contributed by atoms with Gasteiger partial charge in [-0.1, -0.05) is 47.5 Å². The Morgan fingerprint density at radius 2 is 1.80 bits per heavy atom. The summed E-state index contributed by atoms with van der Waals surface area (Å²) in [5.41, 5.74) is 6.07. The first-order valence-electron chi connectivity index (χ1n) is 8.28. The van der Waals surface area contributed by atoms with E-state index in [2.05, 4.69) is 47.3 Å². The van der Waals surface area contributed by atoms with Crippen molar-refractivity contribution < 1.29 is 0 Å². The van der Waals surface area contributed by atoms with Crippen LogP contribution in [0.3, 0.4) is 0 Å². The van der Waals surface area contributed by atoms with Crippen LogP contribution in [0.4, 0.5) is 0 Å². The predicted octanol–water partition coefficient (Wildman–Crippen LogP) is 5.63. The van der Waals surface area contributed by atoms with Crippen molar-refractivity contribution in [2.24, 2.45) is 0 Å². The third kappa shape index (κ3) is 3.30. The Hall–Kier alpha value is -1.87. The van der Waals surface area contributed by atoms with Crippen molar-refractivity contribution in [1.82, 2.24) is 9.88 Å². The number of benzene rings is 2. The molecular formula is C21H18Cl2N2. The summed E-state index contributed by atoms with van der Waals surface area (Å²) in [6.07, 6.45) is 3.65. The highest BCUT2D eigenvalue weighted by atomic mass is 35.5. The molecule has 3 aromatic rings. The molecule has 1 aliphatic rings. The molecule has 25 heavy (non-hydrogen) atoms. The first-order valence-corrected chi connectivity index (χ1v) is 9.04. The second kappa shape index (κ2) is 6.80. The quantitative estimate of drug-likeness (QED) is 0.582. The maximum atomic E-state index is 6.47. The highest BCUT2D eigenvalue weighted by Crippen LogP contribution is 2.39. The Morgan fingerprint density at radius 1 is 1.00 bits per heavy atom. The maximum absolute atomic E-state index is 6.47. The molecule has 0 aliphatic carbocycles. The van der Waals surface area contributed by atoms with Gasteiger partial charge < -0.3 is 4.90 Å². The predicted molar refractivity (Wildman–Crippen MR) is 104 cm³/mol. The summed E-state index contributed by atoms with van der Waals surface area (Å²) >= 11 is 12.8. The SMILES string of the molecule is CN1Cc2c(Cl)cc(Cl)cc2[C@H](c2cccc(-c3ccncc3)c2)C1. The van der Waals surface area contributed by atoms with E-state index >= 15 is 0 Å². The fourth-order valence-electron chi connectivity index (χ4n) is 3.61. The van der Waals surface area contributed by atoms with E-state index in [1.54, 1.807) is 0 Å². The van der Waals surface area contributed by atoms with E-state index in [0.29, 0.717) is 5.02 Å². The second-order valence-electron chi connectivity index (χ2n) is 6.57. The van der Waals surface area contributed by atoms with Crippen LogP contribution in [0, 0.1) is 0 Å². The molecule has 0 unspecified atom stereocenters. The molecule has 4 rings (SSSR count). The van der Waals surface area contributed by atoms with Crippen molar-refractivity contribution in [1.29, 1.82) is 0 Å². The molecule has 0 amide bonds. The summed E-state index contributed by atoms with van der Waals surface area (Å²) in [6.45, 7) is 1.80. The van der Waals surface area contributed by atoms with Gasteiger partial charge in [-0.05, 0) is 59.1 Å². The average molecular weight is 369 g/mol. The standard InChI is InChI=1S/C21H18Cl2N2/c1-25-12-19(18-10-17(22)11-21(23)20(18)13-25)16-4-2-3-15(9-16)14-5-7-24-8-6-14/h2-11,19H,12-13H2,1H3/t19-/m0/s1. The first-order chi connectivity index (χ1) is 12.1. The van der Waals surface area contributed by atoms with Crippen LogP contribution >= 0.6 is 23.2 Å². The van der Waals surface area contributed by atoms with E-state index in [-0.39, 0.29) is 5.92 Å². The van der Waals surface area contributed by atoms with E-state index in [0.717, 1.165) is 18.1 Å². The summed E-state index contributed by atoms with van der Waals surface area (Å²) in [6, 6.07) is 16.7. The fourth-order valence-corrected chi connectivity index (χ4v) is 4.18. The number of rotatable bonds is 2. The van der Waals surface area contributed by atoms with E-state index in [9.17, 15) is 0 Å². The Kier molecular flexibility index (Phi) is 4.51. The lowest BCUT2D eigenvalue weighted by atomic mass is 9.84. The molecule has 1 aromatic heterocycles. The third-order valence-corrected chi connectivity index (χ3v) is 5.35. The first kappa shape index (κ1) is 16.6. The van der Waals surface area contributed by atoms with Crippen molar-refractivity contribution >= 4 is 23.2 Å². The number of halogens is 2. The van der Waals surface area contributed by atoms with E-state index in [1.807, 2.05) is 30.6 Å². The molecule has 2 nitrogen and oxygen atoms in total. The summed E-state index contributed by atoms with van der Waals surface area (Å²) in [4.78, 5) is 6.42. The molecule has 1 atom stereocenters. The van der Waals surface area contributed by atoms with Gasteiger partial charge in [-0.25, -0.2) is 0 Å². The molecule has 1 aliphatic heterocycles. The summed E-state index contributed by atoms with van der Waals surface area (Å²) in [5.74, 6) is 0.256. The molecule has 2 heterocycles. The average Bonchev–Trinajstić information content (AvgIpc) is 2.63. The lowest BCUT2D eigenvalue weighted by Crippen LogP contribution is -2.31. The van der Waals surface area contributed by atoms with Gasteiger partial charge in [0.05, 0.1) is 0 Å². The number of hydrogen-bond donors (Lipinski definition) is 0. The van der Waals surface area contributed by atoms with Crippen LogP contribution in [0.5, 0.6) is 0 Å². The van der Waals surface area contributed by atoms with Crippen LogP contribution in [0.15, 0.2) is 60.9 Å². The van der Waals surface area contributed by atoms with Gasteiger partial charge in [-0.15, -0.1) is 0 Å². The fraction of sp³-hybridized carbons (Fsp3) is 0.190. The van der Waals surface area contributed by atoms with Gasteiger partial charge in [0.15, 0.2) is 0 Å². The largest absolute Gasteiger partial charge is 0.301 e. The van der Waals surface area contributed by atoms with E-state index in [4.69, 9.17) is 23.2 Å². The monoisotopic (exact) mass is 368 g/mol. The molecule has 0 radical (unpaired) electrons. The topological polar surface area (TPSA) is 16.1 Å². The minimum atomic E-state index is 0.256. The molecule has 0 saturated heterocycles. The van der Waals surface area contributed by atoms with Crippen LogP contribution < -0.4 is 0 Å². The second-order valence-corrected chi connectivity index (χ2v) is 7.41. The van der Waals surface area contributed by atoms with Crippen LogP contribution in [-0.4, -0.2) is 23.5 Å². The van der Waals surface area contributed by atoms with Crippen molar-refractivity contribution in [3.63, 3.8) is 0 Å². The number of likely N-dealkylation sites (N-methyl/N-ethyl adjacent to an activating group) is 1. The molecule has 2 aromatic carbocycles. The van der Waals surface area contributed by atoms with Crippen LogP contribution in [-0.2, 0) is 6.54 Å². The van der Waals surface area contributed by atoms with Gasteiger partial charge >= 0.3 is 0 Å². The third-order valence-electron chi connectivity index (χ3n) is 4.80. The zero-order valence-electron chi connectivity index (χ0n) is 13.9. The minimum Gasteiger partial charge on any atom is -0.301 e. The lowest BCUT2D eigenvalue weighted by molar-refractivity contribution is 0.295. The van der Waals surface area contributed by atoms with Crippen molar-refractivity contribution in [2.75, 3.05) is 13.6 Å². The van der Waals surface area contributed by atoms with Crippen molar-refractivity contribution in [2.45, 2.75) is 12.5 Å². The van der Waals surface area contributed by atoms with Crippen molar-refractivity contribution in [3.05, 3.63) is 87.7 Å². The highest BCUT2D eigenvalue weighted by Gasteiger charge is 2.27. The number of pyridine rings is 1. The van der Waals surface area contributed by atoms with Gasteiger partial charge in [0.1, 0.15) is 0 Å². The Labute approximate surface area is 158 Å². The molecule has 0 fully saturated rings. The van der Waals surface area contributed by atoms with Gasteiger partial charge in [0.25, 0.3) is 0 Å². The molecule has 126 valence electrons. The summed E-state index contributed by atoms with van der Waals surface area (Å²) in [7, 11) is 2.13. The van der Waals surface area contributed by atoms with Gasteiger partial charge in [0, 0.05) is 41.4 Å². The molecule has 0 saturated carbocycles. The molecular weight excluding hydrogens is 351 g/mol. The summed E-state index contributed by atoms with van der Waals surface area (Å²) in [5, 5.41) is 1.45. The van der Waals surface area contributed by atoms with Gasteiger partial charge in [0.2, 0.25) is 0 Å². The van der Waals surface area contributed by atoms with Crippen LogP contribution in [0.1, 0.15) is 22.6 Å². The molecule has 0 spiro atoms. The number of fused-ring (bicyclic) bond motifs is 1. The van der Waals surface area contributed by atoms with Gasteiger partial charge in [-0.3, -0.25) is 4.98 Å². The zero-order chi connectivity index (χ0) is 17.4. The Bertz CT molecular complexity index is 909. The smallest absolute Gasteiger partial charge is 0.0468 e. The number of aromatic nitrogens is 1. The molecule has 0 bridgehead atoms. The molecule has 0 N–H and O–H groups in total. The highest BCUT2D eigenvalue weighted by molar-refractivity contribution is 6.35. The van der Waals surface area contributed by atoms with Crippen LogP contribution in [0.25, 0.3) is 11.1 Å². The van der Waals surface area contributed by atoms with E-state index < -0.39 is 0 Å². The summed E-state index contributed by atoms with van der Waals surface area (Å²) < 4.78 is 0. The van der Waals surface area contributed by atoms with Crippen molar-refractivity contribution in [3.8, 4) is 11.1 Å². The lowest BCUT2D eigenvalue weighted by Gasteiger charge is -2.33. The van der Waals surface area contributed by atoms with Gasteiger partial charge in [-0.2, -0.15) is 0 Å².